The second-order valence-electron chi connectivity index (χ2n) is 5.68. The van der Waals surface area contributed by atoms with E-state index in [1.54, 1.807) is 4.31 Å². The Morgan fingerprint density at radius 3 is 2.19 bits per heavy atom. The van der Waals surface area contributed by atoms with E-state index >= 15 is 0 Å². The molecular weight excluding hydrogens is 288 g/mol. The van der Waals surface area contributed by atoms with Crippen LogP contribution < -0.4 is 5.32 Å². The molecule has 0 bridgehead atoms. The predicted octanol–water partition coefficient (Wildman–Crippen LogP) is 1.34. The van der Waals surface area contributed by atoms with Crippen LogP contribution in [0.4, 0.5) is 0 Å². The zero-order chi connectivity index (χ0) is 15.5. The molecule has 0 aromatic heterocycles. The van der Waals surface area contributed by atoms with Crippen molar-refractivity contribution >= 4 is 10.0 Å². The third-order valence-electron chi connectivity index (χ3n) is 3.53. The first-order valence-corrected chi connectivity index (χ1v) is 8.87. The van der Waals surface area contributed by atoms with Crippen molar-refractivity contribution in [3.63, 3.8) is 0 Å². The Bertz CT molecular complexity index is 547. The molecule has 0 spiro atoms. The van der Waals surface area contributed by atoms with Gasteiger partial charge in [0.05, 0.1) is 18.0 Å². The number of ether oxygens (including phenoxy) is 1. The van der Waals surface area contributed by atoms with Crippen LogP contribution >= 0.6 is 0 Å². The van der Waals surface area contributed by atoms with Crippen LogP contribution in [-0.2, 0) is 27.1 Å². The summed E-state index contributed by atoms with van der Waals surface area (Å²) >= 11 is 0. The van der Waals surface area contributed by atoms with Gasteiger partial charge in [-0.15, -0.1) is 0 Å². The fraction of sp³-hybridized carbons (Fsp3) is 0.600. The highest BCUT2D eigenvalue weighted by Gasteiger charge is 2.30. The molecule has 1 aliphatic rings. The first kappa shape index (κ1) is 16.4. The van der Waals surface area contributed by atoms with Gasteiger partial charge in [-0.25, -0.2) is 8.42 Å². The van der Waals surface area contributed by atoms with E-state index in [2.05, 4.69) is 5.32 Å². The van der Waals surface area contributed by atoms with Crippen LogP contribution in [0, 0.1) is 0 Å². The molecule has 1 aromatic rings. The second kappa shape index (κ2) is 6.87. The number of benzene rings is 1. The molecule has 0 amide bonds. The van der Waals surface area contributed by atoms with Gasteiger partial charge in [-0.3, -0.25) is 0 Å². The quantitative estimate of drug-likeness (QED) is 0.891. The van der Waals surface area contributed by atoms with Crippen LogP contribution in [0.25, 0.3) is 0 Å². The summed E-state index contributed by atoms with van der Waals surface area (Å²) < 4.78 is 32.2. The largest absolute Gasteiger partial charge is 0.373 e. The lowest BCUT2D eigenvalue weighted by Crippen LogP contribution is -2.48. The number of nitrogens with zero attached hydrogens (tertiary/aromatic N) is 1. The summed E-state index contributed by atoms with van der Waals surface area (Å²) in [6, 6.07) is 7.70. The third kappa shape index (κ3) is 4.51. The highest BCUT2D eigenvalue weighted by Crippen LogP contribution is 2.18. The van der Waals surface area contributed by atoms with Crippen LogP contribution in [0.3, 0.4) is 0 Å². The smallest absolute Gasteiger partial charge is 0.218 e. The summed E-state index contributed by atoms with van der Waals surface area (Å²) in [7, 11) is -1.40. The molecule has 1 fully saturated rings. The summed E-state index contributed by atoms with van der Waals surface area (Å²) in [5, 5.41) is 3.07. The van der Waals surface area contributed by atoms with E-state index in [1.807, 2.05) is 45.2 Å². The molecular formula is C15H24N2O3S. The van der Waals surface area contributed by atoms with Crippen molar-refractivity contribution in [2.45, 2.75) is 38.4 Å². The minimum Gasteiger partial charge on any atom is -0.373 e. The van der Waals surface area contributed by atoms with Crippen LogP contribution in [0.15, 0.2) is 24.3 Å². The van der Waals surface area contributed by atoms with E-state index in [-0.39, 0.29) is 18.0 Å². The molecule has 5 nitrogen and oxygen atoms in total. The summed E-state index contributed by atoms with van der Waals surface area (Å²) in [5.41, 5.74) is 1.97. The molecule has 1 saturated heterocycles. The van der Waals surface area contributed by atoms with E-state index < -0.39 is 10.0 Å². The van der Waals surface area contributed by atoms with E-state index in [4.69, 9.17) is 4.74 Å². The van der Waals surface area contributed by atoms with Gasteiger partial charge in [0, 0.05) is 19.6 Å². The minimum absolute atomic E-state index is 0.0479. The fourth-order valence-electron chi connectivity index (χ4n) is 2.62. The van der Waals surface area contributed by atoms with Gasteiger partial charge in [0.2, 0.25) is 10.0 Å². The standard InChI is InChI=1S/C15H24N2O3S/c1-12-9-17(10-13(2)20-12)21(18,19)11-15-6-4-14(5-7-15)8-16-3/h4-7,12-13,16H,8-11H2,1-3H3. The van der Waals surface area contributed by atoms with Crippen LogP contribution in [0.2, 0.25) is 0 Å². The molecule has 2 atom stereocenters. The maximum absolute atomic E-state index is 12.5. The Labute approximate surface area is 127 Å². The summed E-state index contributed by atoms with van der Waals surface area (Å²) in [6.07, 6.45) is -0.108. The number of hydrogen-bond donors (Lipinski definition) is 1. The number of rotatable bonds is 5. The number of nitrogens with one attached hydrogen (secondary N) is 1. The fourth-order valence-corrected chi connectivity index (χ4v) is 4.29. The lowest BCUT2D eigenvalue weighted by atomic mass is 10.1. The second-order valence-corrected chi connectivity index (χ2v) is 7.65. The molecule has 0 radical (unpaired) electrons. The van der Waals surface area contributed by atoms with Crippen molar-refractivity contribution < 1.29 is 13.2 Å². The van der Waals surface area contributed by atoms with Gasteiger partial charge in [-0.2, -0.15) is 4.31 Å². The average Bonchev–Trinajstić information content (AvgIpc) is 2.40. The highest BCUT2D eigenvalue weighted by atomic mass is 32.2. The van der Waals surface area contributed by atoms with E-state index in [1.165, 1.54) is 0 Å². The third-order valence-corrected chi connectivity index (χ3v) is 5.32. The number of sulfonamides is 1. The van der Waals surface area contributed by atoms with Gasteiger partial charge in [0.25, 0.3) is 0 Å². The summed E-state index contributed by atoms with van der Waals surface area (Å²) in [5.74, 6) is 0.0479. The van der Waals surface area contributed by atoms with Crippen LogP contribution in [-0.4, -0.2) is 45.1 Å². The Hall–Kier alpha value is -0.950. The van der Waals surface area contributed by atoms with Crippen molar-refractivity contribution in [3.05, 3.63) is 35.4 Å². The van der Waals surface area contributed by atoms with Crippen molar-refractivity contribution in [1.29, 1.82) is 0 Å². The highest BCUT2D eigenvalue weighted by molar-refractivity contribution is 7.88. The first-order chi connectivity index (χ1) is 9.90. The topological polar surface area (TPSA) is 58.6 Å². The van der Waals surface area contributed by atoms with Crippen LogP contribution in [0.1, 0.15) is 25.0 Å². The van der Waals surface area contributed by atoms with Crippen molar-refractivity contribution in [2.75, 3.05) is 20.1 Å². The molecule has 0 aliphatic carbocycles. The summed E-state index contributed by atoms with van der Waals surface area (Å²) in [4.78, 5) is 0. The summed E-state index contributed by atoms with van der Waals surface area (Å²) in [6.45, 7) is 5.47. The molecule has 2 unspecified atom stereocenters. The SMILES string of the molecule is CNCc1ccc(CS(=O)(=O)N2CC(C)OC(C)C2)cc1. The van der Waals surface area contributed by atoms with Crippen LogP contribution in [0.5, 0.6) is 0 Å². The molecule has 2 rings (SSSR count). The molecule has 0 saturated carbocycles. The molecule has 6 heteroatoms. The molecule has 118 valence electrons. The van der Waals surface area contributed by atoms with Gasteiger partial charge in [-0.05, 0) is 32.0 Å². The van der Waals surface area contributed by atoms with Gasteiger partial charge in [0.15, 0.2) is 0 Å². The minimum atomic E-state index is -3.29. The Balaban J connectivity index is 2.06. The van der Waals surface area contributed by atoms with Gasteiger partial charge in [-0.1, -0.05) is 24.3 Å². The van der Waals surface area contributed by atoms with Crippen molar-refractivity contribution in [3.8, 4) is 0 Å². The predicted molar refractivity (Wildman–Crippen MR) is 83.4 cm³/mol. The Kier molecular flexibility index (Phi) is 5.37. The maximum atomic E-state index is 12.5. The molecule has 21 heavy (non-hydrogen) atoms. The van der Waals surface area contributed by atoms with Crippen molar-refractivity contribution in [1.82, 2.24) is 9.62 Å². The van der Waals surface area contributed by atoms with Gasteiger partial charge < -0.3 is 10.1 Å². The Morgan fingerprint density at radius 2 is 1.67 bits per heavy atom. The molecule has 1 N–H and O–H groups in total. The van der Waals surface area contributed by atoms with Gasteiger partial charge in [0.1, 0.15) is 0 Å². The lowest BCUT2D eigenvalue weighted by molar-refractivity contribution is -0.0441. The Morgan fingerprint density at radius 1 is 1.14 bits per heavy atom. The van der Waals surface area contributed by atoms with E-state index in [0.717, 1.165) is 17.7 Å². The molecule has 1 aromatic carbocycles. The lowest BCUT2D eigenvalue weighted by Gasteiger charge is -2.34. The monoisotopic (exact) mass is 312 g/mol. The molecule has 1 heterocycles. The maximum Gasteiger partial charge on any atom is 0.218 e. The zero-order valence-corrected chi connectivity index (χ0v) is 13.7. The van der Waals surface area contributed by atoms with Gasteiger partial charge >= 0.3 is 0 Å². The number of morpholine rings is 1. The molecule has 1 aliphatic heterocycles. The zero-order valence-electron chi connectivity index (χ0n) is 12.9. The normalized spacial score (nSPS) is 24.1. The van der Waals surface area contributed by atoms with Crippen molar-refractivity contribution in [2.24, 2.45) is 0 Å². The van der Waals surface area contributed by atoms with E-state index in [9.17, 15) is 8.42 Å². The number of hydrogen-bond acceptors (Lipinski definition) is 4. The van der Waals surface area contributed by atoms with E-state index in [0.29, 0.717) is 13.1 Å². The average molecular weight is 312 g/mol. The first-order valence-electron chi connectivity index (χ1n) is 7.26.